The van der Waals surface area contributed by atoms with E-state index in [2.05, 4.69) is 65.0 Å². The van der Waals surface area contributed by atoms with Crippen LogP contribution in [-0.2, 0) is 16.6 Å². The Bertz CT molecular complexity index is 1230. The summed E-state index contributed by atoms with van der Waals surface area (Å²) in [6.07, 6.45) is 9.66. The van der Waals surface area contributed by atoms with E-state index in [1.165, 1.54) is 5.57 Å². The van der Waals surface area contributed by atoms with E-state index in [1.54, 1.807) is 0 Å². The topological polar surface area (TPSA) is 95.6 Å². The summed E-state index contributed by atoms with van der Waals surface area (Å²) in [6.45, 7) is 18.6. The lowest BCUT2D eigenvalue weighted by molar-refractivity contribution is -0.283. The number of hydrogen-bond acceptors (Lipinski definition) is 5. The fourth-order valence-corrected chi connectivity index (χ4v) is 11.3. The third-order valence-corrected chi connectivity index (χ3v) is 13.5. The SMILES string of the molecule is CCNC(=O)[C@]12CCC(C)(C)C[C@H]1[C@@]1(O)[C@H](O)C=C3[C@@]4(C)Cc5cnoc5C(C)(C)[C@@H]4CC[C@@]3(C)[C@]1(C)CC2. The fraction of sp³-hybridized carbons (Fsp3) is 0.818. The molecule has 6 nitrogen and oxygen atoms in total. The van der Waals surface area contributed by atoms with E-state index in [0.29, 0.717) is 12.5 Å². The lowest BCUT2D eigenvalue weighted by atomic mass is 9.32. The standard InChI is InChI=1S/C33H50N2O4/c1-9-34-26(37)32-14-12-27(2,3)18-23(32)33(38)24(36)16-22-29(6)17-20-19-35-39-25(20)28(4,5)21(29)10-11-30(22,7)31(33,8)13-15-32/h16,19,21,23-24,36,38H,9-15,17-18H2,1-8H3,(H,34,37)/t21-,23+,24+,29-,30+,31-,32-,33+/m0/s1. The Labute approximate surface area is 234 Å². The van der Waals surface area contributed by atoms with Crippen molar-refractivity contribution in [3.8, 4) is 0 Å². The molecule has 3 N–H and O–H groups in total. The number of allylic oxidation sites excluding steroid dienone is 1. The molecule has 1 heterocycles. The highest BCUT2D eigenvalue weighted by molar-refractivity contribution is 5.83. The average molecular weight is 539 g/mol. The molecule has 0 aromatic carbocycles. The monoisotopic (exact) mass is 538 g/mol. The van der Waals surface area contributed by atoms with Crippen molar-refractivity contribution in [2.75, 3.05) is 6.54 Å². The molecule has 5 aliphatic carbocycles. The smallest absolute Gasteiger partial charge is 0.226 e. The van der Waals surface area contributed by atoms with Crippen molar-refractivity contribution < 1.29 is 19.5 Å². The first kappa shape index (κ1) is 27.5. The minimum Gasteiger partial charge on any atom is -0.386 e. The number of nitrogens with one attached hydrogen (secondary N) is 1. The second-order valence-corrected chi connectivity index (χ2v) is 16.0. The number of nitrogens with zero attached hydrogens (tertiary/aromatic N) is 1. The summed E-state index contributed by atoms with van der Waals surface area (Å²) in [7, 11) is 0. The zero-order valence-corrected chi connectivity index (χ0v) is 25.4. The van der Waals surface area contributed by atoms with Gasteiger partial charge in [-0.15, -0.1) is 0 Å². The Balaban J connectivity index is 1.53. The van der Waals surface area contributed by atoms with Crippen LogP contribution in [0.2, 0.25) is 0 Å². The molecule has 3 saturated carbocycles. The van der Waals surface area contributed by atoms with Gasteiger partial charge in [0.1, 0.15) is 17.5 Å². The molecule has 0 spiro atoms. The molecule has 0 radical (unpaired) electrons. The maximum absolute atomic E-state index is 13.8. The third-order valence-electron chi connectivity index (χ3n) is 13.5. The van der Waals surface area contributed by atoms with Gasteiger partial charge in [0.2, 0.25) is 5.91 Å². The van der Waals surface area contributed by atoms with E-state index in [0.717, 1.165) is 62.7 Å². The number of fused-ring (bicyclic) bond motifs is 8. The minimum atomic E-state index is -1.39. The second kappa shape index (κ2) is 8.00. The molecule has 1 aromatic rings. The summed E-state index contributed by atoms with van der Waals surface area (Å²) in [6, 6.07) is 0. The first-order valence-corrected chi connectivity index (χ1v) is 15.4. The van der Waals surface area contributed by atoms with Crippen molar-refractivity contribution in [3.05, 3.63) is 29.2 Å². The molecule has 6 heteroatoms. The van der Waals surface area contributed by atoms with Gasteiger partial charge in [-0.05, 0) is 80.5 Å². The number of hydrogen-bond donors (Lipinski definition) is 3. The molecular formula is C33H50N2O4. The van der Waals surface area contributed by atoms with Crippen LogP contribution in [0.5, 0.6) is 0 Å². The average Bonchev–Trinajstić information content (AvgIpc) is 3.32. The van der Waals surface area contributed by atoms with Gasteiger partial charge in [0.15, 0.2) is 0 Å². The highest BCUT2D eigenvalue weighted by Gasteiger charge is 2.76. The third kappa shape index (κ3) is 3.11. The van der Waals surface area contributed by atoms with Gasteiger partial charge in [0.05, 0.1) is 11.6 Å². The van der Waals surface area contributed by atoms with E-state index in [-0.39, 0.29) is 33.5 Å². The number of carbonyl (C=O) groups is 1. The lowest BCUT2D eigenvalue weighted by Crippen LogP contribution is -2.76. The summed E-state index contributed by atoms with van der Waals surface area (Å²) < 4.78 is 5.80. The van der Waals surface area contributed by atoms with Gasteiger partial charge in [0.25, 0.3) is 0 Å². The Morgan fingerprint density at radius 2 is 1.74 bits per heavy atom. The Kier molecular flexibility index (Phi) is 5.64. The van der Waals surface area contributed by atoms with E-state index in [9.17, 15) is 15.0 Å². The predicted octanol–water partition coefficient (Wildman–Crippen LogP) is 5.71. The van der Waals surface area contributed by atoms with Crippen LogP contribution in [0.3, 0.4) is 0 Å². The van der Waals surface area contributed by atoms with Gasteiger partial charge < -0.3 is 20.1 Å². The Morgan fingerprint density at radius 3 is 2.44 bits per heavy atom. The lowest BCUT2D eigenvalue weighted by Gasteiger charge is -2.73. The number of aliphatic hydroxyl groups excluding tert-OH is 1. The zero-order chi connectivity index (χ0) is 28.4. The molecule has 8 atom stereocenters. The quantitative estimate of drug-likeness (QED) is 0.419. The number of rotatable bonds is 2. The van der Waals surface area contributed by atoms with Gasteiger partial charge >= 0.3 is 0 Å². The van der Waals surface area contributed by atoms with Gasteiger partial charge in [-0.3, -0.25) is 4.79 Å². The van der Waals surface area contributed by atoms with Crippen LogP contribution < -0.4 is 5.32 Å². The van der Waals surface area contributed by atoms with E-state index >= 15 is 0 Å². The van der Waals surface area contributed by atoms with Crippen molar-refractivity contribution in [1.29, 1.82) is 0 Å². The van der Waals surface area contributed by atoms with Crippen LogP contribution in [0.25, 0.3) is 0 Å². The van der Waals surface area contributed by atoms with E-state index in [1.807, 2.05) is 13.1 Å². The largest absolute Gasteiger partial charge is 0.386 e. The molecular weight excluding hydrogens is 488 g/mol. The molecule has 0 aliphatic heterocycles. The van der Waals surface area contributed by atoms with Crippen LogP contribution in [0.1, 0.15) is 112 Å². The molecule has 0 bridgehead atoms. The van der Waals surface area contributed by atoms with Crippen molar-refractivity contribution in [3.63, 3.8) is 0 Å². The summed E-state index contributed by atoms with van der Waals surface area (Å²) in [5, 5.41) is 32.7. The summed E-state index contributed by atoms with van der Waals surface area (Å²) in [5.41, 5.74) is -0.787. The van der Waals surface area contributed by atoms with Crippen LogP contribution in [0.4, 0.5) is 0 Å². The number of aliphatic hydroxyl groups is 2. The van der Waals surface area contributed by atoms with Crippen molar-refractivity contribution >= 4 is 5.91 Å². The maximum Gasteiger partial charge on any atom is 0.226 e. The molecule has 6 rings (SSSR count). The van der Waals surface area contributed by atoms with Gasteiger partial charge in [-0.25, -0.2) is 0 Å². The van der Waals surface area contributed by atoms with Gasteiger partial charge in [-0.2, -0.15) is 0 Å². The first-order chi connectivity index (χ1) is 18.0. The summed E-state index contributed by atoms with van der Waals surface area (Å²) in [4.78, 5) is 13.8. The normalized spacial score (nSPS) is 47.4. The first-order valence-electron chi connectivity index (χ1n) is 15.4. The van der Waals surface area contributed by atoms with Gasteiger partial charge in [-0.1, -0.05) is 65.3 Å². The molecule has 0 saturated heterocycles. The van der Waals surface area contributed by atoms with Crippen molar-refractivity contribution in [2.45, 2.75) is 124 Å². The fourth-order valence-electron chi connectivity index (χ4n) is 11.3. The number of carbonyl (C=O) groups excluding carboxylic acids is 1. The molecule has 39 heavy (non-hydrogen) atoms. The molecule has 5 aliphatic rings. The van der Waals surface area contributed by atoms with Crippen LogP contribution in [0.15, 0.2) is 22.4 Å². The highest BCUT2D eigenvalue weighted by atomic mass is 16.5. The Morgan fingerprint density at radius 1 is 1.05 bits per heavy atom. The second-order valence-electron chi connectivity index (χ2n) is 16.0. The number of amides is 1. The zero-order valence-electron chi connectivity index (χ0n) is 25.4. The highest BCUT2D eigenvalue weighted by Crippen LogP contribution is 2.76. The van der Waals surface area contributed by atoms with Crippen LogP contribution >= 0.6 is 0 Å². The van der Waals surface area contributed by atoms with Crippen molar-refractivity contribution in [2.24, 2.45) is 38.9 Å². The molecule has 0 unspecified atom stereocenters. The predicted molar refractivity (Wildman–Crippen MR) is 151 cm³/mol. The van der Waals surface area contributed by atoms with Gasteiger partial charge in [0, 0.05) is 28.9 Å². The van der Waals surface area contributed by atoms with E-state index < -0.39 is 22.5 Å². The maximum atomic E-state index is 13.8. The molecule has 3 fully saturated rings. The molecule has 1 amide bonds. The molecule has 1 aromatic heterocycles. The van der Waals surface area contributed by atoms with Crippen molar-refractivity contribution in [1.82, 2.24) is 10.5 Å². The van der Waals surface area contributed by atoms with E-state index in [4.69, 9.17) is 4.52 Å². The minimum absolute atomic E-state index is 0.000967. The number of aromatic nitrogens is 1. The molecule has 216 valence electrons. The summed E-state index contributed by atoms with van der Waals surface area (Å²) in [5.74, 6) is 1.11. The van der Waals surface area contributed by atoms with Crippen LogP contribution in [-0.4, -0.2) is 39.5 Å². The summed E-state index contributed by atoms with van der Waals surface area (Å²) >= 11 is 0. The Hall–Kier alpha value is -1.66. The van der Waals surface area contributed by atoms with Crippen LogP contribution in [0, 0.1) is 38.9 Å².